The molecule has 0 bridgehead atoms. The van der Waals surface area contributed by atoms with Crippen molar-refractivity contribution in [1.82, 2.24) is 25.2 Å². The molecule has 14 nitrogen and oxygen atoms in total. The van der Waals surface area contributed by atoms with Crippen molar-refractivity contribution in [3.05, 3.63) is 41.6 Å². The van der Waals surface area contributed by atoms with Gasteiger partial charge in [-0.2, -0.15) is 13.2 Å². The molecule has 4 amide bonds. The Morgan fingerprint density at radius 1 is 1.07 bits per heavy atom. The molecule has 1 aromatic carbocycles. The number of hydrogen-bond donors (Lipinski definition) is 3. The van der Waals surface area contributed by atoms with Gasteiger partial charge in [-0.25, -0.2) is 18.2 Å². The minimum Gasteiger partial charge on any atom is -0.497 e. The number of allylic oxidation sites excluding steroid dienone is 1. The van der Waals surface area contributed by atoms with E-state index in [4.69, 9.17) is 14.2 Å². The van der Waals surface area contributed by atoms with E-state index < -0.39 is 90.9 Å². The molecule has 4 heterocycles. The number of halogens is 3. The lowest BCUT2D eigenvalue weighted by atomic mass is 9.87. The first-order chi connectivity index (χ1) is 27.1. The number of hydrogen-bond acceptors (Lipinski definition) is 10. The first-order valence-electron chi connectivity index (χ1n) is 19.7. The Morgan fingerprint density at radius 3 is 2.48 bits per heavy atom. The molecular weight excluding hydrogens is 784 g/mol. The highest BCUT2D eigenvalue weighted by molar-refractivity contribution is 7.91. The van der Waals surface area contributed by atoms with E-state index >= 15 is 0 Å². The molecule has 3 N–H and O–H groups in total. The molecule has 7 rings (SSSR count). The lowest BCUT2D eigenvalue weighted by Crippen LogP contribution is -2.58. The second-order valence-corrected chi connectivity index (χ2v) is 19.7. The van der Waals surface area contributed by atoms with Crippen LogP contribution < -0.4 is 24.8 Å². The minimum atomic E-state index is -4.93. The zero-order valence-corrected chi connectivity index (χ0v) is 34.0. The van der Waals surface area contributed by atoms with Crippen LogP contribution in [0.4, 0.5) is 18.0 Å². The molecule has 1 aromatic heterocycles. The Kier molecular flexibility index (Phi) is 10.4. The van der Waals surface area contributed by atoms with Crippen LogP contribution in [0, 0.1) is 5.92 Å². The average Bonchev–Trinajstić information content (AvgIpc) is 4.03. The highest BCUT2D eigenvalue weighted by Gasteiger charge is 2.64. The number of aryl methyl sites for hydroxylation is 1. The van der Waals surface area contributed by atoms with Crippen LogP contribution in [-0.4, -0.2) is 89.3 Å². The van der Waals surface area contributed by atoms with Crippen LogP contribution in [0.1, 0.15) is 103 Å². The highest BCUT2D eigenvalue weighted by atomic mass is 32.2. The number of aromatic nitrogens is 1. The largest absolute Gasteiger partial charge is 0.497 e. The summed E-state index contributed by atoms with van der Waals surface area (Å²) in [5.74, 6) is -3.08. The van der Waals surface area contributed by atoms with E-state index in [2.05, 4.69) is 20.3 Å². The molecule has 316 valence electrons. The van der Waals surface area contributed by atoms with Gasteiger partial charge in [-0.1, -0.05) is 25.0 Å². The fraction of sp³-hybridized carbons (Fsp3) is 0.625. The van der Waals surface area contributed by atoms with E-state index in [-0.39, 0.29) is 49.7 Å². The molecule has 5 atom stereocenters. The van der Waals surface area contributed by atoms with Gasteiger partial charge in [0, 0.05) is 23.3 Å². The van der Waals surface area contributed by atoms with Crippen LogP contribution in [0.25, 0.3) is 10.9 Å². The third-order valence-corrected chi connectivity index (χ3v) is 14.1. The quantitative estimate of drug-likeness (QED) is 0.338. The van der Waals surface area contributed by atoms with Gasteiger partial charge in [-0.3, -0.25) is 19.1 Å². The Balaban J connectivity index is 1.27. The maximum Gasteiger partial charge on any atom is 0.437 e. The van der Waals surface area contributed by atoms with Gasteiger partial charge in [-0.05, 0) is 97.3 Å². The van der Waals surface area contributed by atoms with Crippen molar-refractivity contribution >= 4 is 44.7 Å². The average molecular weight is 834 g/mol. The molecule has 3 aliphatic heterocycles. The van der Waals surface area contributed by atoms with Gasteiger partial charge in [0.15, 0.2) is 11.4 Å². The summed E-state index contributed by atoms with van der Waals surface area (Å²) in [7, 11) is -2.66. The summed E-state index contributed by atoms with van der Waals surface area (Å²) < 4.78 is 88.9. The number of rotatable bonds is 5. The molecule has 2 aliphatic carbocycles. The van der Waals surface area contributed by atoms with E-state index in [9.17, 15) is 40.8 Å². The molecule has 3 fully saturated rings. The van der Waals surface area contributed by atoms with Crippen LogP contribution in [0.15, 0.2) is 30.4 Å². The van der Waals surface area contributed by atoms with Crippen molar-refractivity contribution in [3.8, 4) is 11.5 Å². The maximum atomic E-state index is 14.7. The molecule has 2 saturated carbocycles. The van der Waals surface area contributed by atoms with Crippen LogP contribution in [-0.2, 0) is 41.7 Å². The topological polar surface area (TPSA) is 182 Å². The number of carbonyl (C=O) groups is 4. The third kappa shape index (κ3) is 8.04. The molecular formula is C40H50F3N5O9S. The van der Waals surface area contributed by atoms with Crippen molar-refractivity contribution < 1.29 is 55.0 Å². The number of alkyl halides is 3. The lowest BCUT2D eigenvalue weighted by molar-refractivity contribution is -0.144. The summed E-state index contributed by atoms with van der Waals surface area (Å²) in [6.45, 7) is 6.19. The number of ether oxygens (including phenoxy) is 3. The number of methoxy groups -OCH3 is 1. The Labute approximate surface area is 335 Å². The third-order valence-electron chi connectivity index (χ3n) is 12.0. The highest BCUT2D eigenvalue weighted by Crippen LogP contribution is 2.50. The fourth-order valence-corrected chi connectivity index (χ4v) is 9.59. The molecule has 1 saturated heterocycles. The molecule has 0 radical (unpaired) electrons. The number of alkyl carbamates (subject to hydrolysis) is 1. The first kappa shape index (κ1) is 41.5. The molecule has 2 aromatic rings. The zero-order chi connectivity index (χ0) is 42.1. The van der Waals surface area contributed by atoms with Crippen molar-refractivity contribution in [2.45, 2.75) is 138 Å². The summed E-state index contributed by atoms with van der Waals surface area (Å²) >= 11 is 0. The van der Waals surface area contributed by atoms with Gasteiger partial charge in [0.25, 0.3) is 5.91 Å². The second-order valence-electron chi connectivity index (χ2n) is 17.5. The predicted molar refractivity (Wildman–Crippen MR) is 204 cm³/mol. The monoisotopic (exact) mass is 833 g/mol. The molecule has 1 spiro atoms. The molecule has 5 aliphatic rings. The molecule has 58 heavy (non-hydrogen) atoms. The Hall–Kier alpha value is -4.61. The van der Waals surface area contributed by atoms with E-state index in [0.29, 0.717) is 49.7 Å². The van der Waals surface area contributed by atoms with Crippen molar-refractivity contribution in [3.63, 3.8) is 0 Å². The maximum absolute atomic E-state index is 14.7. The van der Waals surface area contributed by atoms with Crippen LogP contribution in [0.2, 0.25) is 0 Å². The standard InChI is InChI=1S/C40H50F3N5O9S/c1-36(2,3)57-35(52)45-28-12-10-8-6-7-9-11-23-20-39(23,34(51)47-58(53,54)37(4)17-18-37)46-32(49)29-21-38(22-48(29)33(28)50)16-15-25-26-19-24(55-5)13-14-27(26)44-31(30(25)56-38)40(41,42)43/h9,11,13-14,19,23,28-29H,6-8,10,12,15-18,20-22H2,1-5H3,(H,45,52)(H,46,49)(H,47,51)/b11-9-/t23-,28?,29-,38+,39+/m0/s1. The van der Waals surface area contributed by atoms with Gasteiger partial charge >= 0.3 is 12.3 Å². The van der Waals surface area contributed by atoms with Gasteiger partial charge in [0.1, 0.15) is 34.6 Å². The lowest BCUT2D eigenvalue weighted by Gasteiger charge is -2.37. The number of nitrogens with zero attached hydrogens (tertiary/aromatic N) is 2. The smallest absolute Gasteiger partial charge is 0.437 e. The van der Waals surface area contributed by atoms with E-state index in [1.165, 1.54) is 31.1 Å². The van der Waals surface area contributed by atoms with Gasteiger partial charge in [0.2, 0.25) is 21.8 Å². The minimum absolute atomic E-state index is 0.0659. The van der Waals surface area contributed by atoms with Crippen molar-refractivity contribution in [2.75, 3.05) is 13.7 Å². The summed E-state index contributed by atoms with van der Waals surface area (Å²) in [5, 5.41) is 5.85. The van der Waals surface area contributed by atoms with Crippen LogP contribution in [0.5, 0.6) is 11.5 Å². The van der Waals surface area contributed by atoms with Gasteiger partial charge in [-0.15, -0.1) is 0 Å². The van der Waals surface area contributed by atoms with Gasteiger partial charge in [0.05, 0.1) is 23.9 Å². The number of sulfonamides is 1. The second kappa shape index (κ2) is 14.6. The number of nitrogens with one attached hydrogen (secondary N) is 3. The number of pyridine rings is 1. The van der Waals surface area contributed by atoms with Crippen LogP contribution in [0.3, 0.4) is 0 Å². The zero-order valence-electron chi connectivity index (χ0n) is 33.2. The fourth-order valence-electron chi connectivity index (χ4n) is 8.28. The van der Waals surface area contributed by atoms with E-state index in [1.54, 1.807) is 32.9 Å². The SMILES string of the molecule is COc1ccc2nc(C(F)(F)F)c3c(c2c1)CC[C@]1(C[C@H]2C(=O)N[C@]4(C(=O)NS(=O)(=O)C5(C)CC5)C[C@@H]4/C=C\CCCCCC(NC(=O)OC(C)(C)C)C(=O)N2C1)O3. The van der Waals surface area contributed by atoms with Crippen LogP contribution >= 0.6 is 0 Å². The number of fused-ring (bicyclic) bond motifs is 5. The van der Waals surface area contributed by atoms with E-state index in [1.807, 2.05) is 6.08 Å². The van der Waals surface area contributed by atoms with E-state index in [0.717, 1.165) is 0 Å². The summed E-state index contributed by atoms with van der Waals surface area (Å²) in [5.41, 5.74) is -5.01. The Morgan fingerprint density at radius 2 is 1.81 bits per heavy atom. The van der Waals surface area contributed by atoms with Gasteiger partial charge < -0.3 is 29.7 Å². The number of carbonyl (C=O) groups excluding carboxylic acids is 4. The molecule has 1 unspecified atom stereocenters. The number of amides is 4. The normalized spacial score (nSPS) is 29.0. The number of benzene rings is 1. The summed E-state index contributed by atoms with van der Waals surface area (Å²) in [6, 6.07) is 1.95. The molecule has 18 heteroatoms. The summed E-state index contributed by atoms with van der Waals surface area (Å²) in [6.07, 6.45) is 1.23. The predicted octanol–water partition coefficient (Wildman–Crippen LogP) is 5.21. The van der Waals surface area contributed by atoms with Crippen molar-refractivity contribution in [2.24, 2.45) is 5.92 Å². The summed E-state index contributed by atoms with van der Waals surface area (Å²) in [4.78, 5) is 61.5. The van der Waals surface area contributed by atoms with Crippen molar-refractivity contribution in [1.29, 1.82) is 0 Å². The first-order valence-corrected chi connectivity index (χ1v) is 21.2. The Bertz CT molecular complexity index is 2170.